The second kappa shape index (κ2) is 7.68. The van der Waals surface area contributed by atoms with E-state index in [9.17, 15) is 14.9 Å². The van der Waals surface area contributed by atoms with Gasteiger partial charge in [-0.1, -0.05) is 78.9 Å². The fraction of sp³-hybridized carbons (Fsp3) is 0.0741. The molecule has 2 aromatic heterocycles. The summed E-state index contributed by atoms with van der Waals surface area (Å²) < 4.78 is 2.96. The fourth-order valence-corrected chi connectivity index (χ4v) is 4.42. The highest BCUT2D eigenvalue weighted by Crippen LogP contribution is 2.37. The fourth-order valence-electron chi connectivity index (χ4n) is 4.42. The molecule has 0 N–H and O–H groups in total. The van der Waals surface area contributed by atoms with Gasteiger partial charge in [0.15, 0.2) is 0 Å². The maximum Gasteiger partial charge on any atom is 0.276 e. The minimum atomic E-state index is -0.355. The highest BCUT2D eigenvalue weighted by atomic mass is 16.2. The maximum absolute atomic E-state index is 13.8. The second-order valence-electron chi connectivity index (χ2n) is 7.67. The zero-order valence-corrected chi connectivity index (χ0v) is 17.4. The number of pyridine rings is 1. The Kier molecular flexibility index (Phi) is 4.68. The average molecular weight is 417 g/mol. The number of carbonyl (C=O) groups excluding carboxylic acids is 1. The van der Waals surface area contributed by atoms with Gasteiger partial charge >= 0.3 is 0 Å². The smallest absolute Gasteiger partial charge is 0.276 e. The van der Waals surface area contributed by atoms with Crippen molar-refractivity contribution >= 4 is 27.7 Å². The van der Waals surface area contributed by atoms with Gasteiger partial charge in [-0.25, -0.2) is 0 Å². The Labute approximate surface area is 184 Å². The zero-order valence-electron chi connectivity index (χ0n) is 17.4. The molecule has 0 bridgehead atoms. The summed E-state index contributed by atoms with van der Waals surface area (Å²) in [6.45, 7) is 1.69. The first kappa shape index (κ1) is 19.5. The van der Waals surface area contributed by atoms with E-state index in [-0.39, 0.29) is 23.7 Å². The van der Waals surface area contributed by atoms with Crippen LogP contribution in [0.3, 0.4) is 0 Å². The number of benzene rings is 3. The van der Waals surface area contributed by atoms with Crippen LogP contribution in [0, 0.1) is 11.3 Å². The van der Waals surface area contributed by atoms with Gasteiger partial charge in [0.2, 0.25) is 5.91 Å². The van der Waals surface area contributed by atoms with Crippen LogP contribution in [0.15, 0.2) is 89.7 Å². The van der Waals surface area contributed by atoms with Gasteiger partial charge in [0, 0.05) is 23.3 Å². The molecule has 0 atom stereocenters. The van der Waals surface area contributed by atoms with E-state index in [1.807, 2.05) is 84.9 Å². The van der Waals surface area contributed by atoms with Crippen molar-refractivity contribution < 1.29 is 4.79 Å². The Morgan fingerprint density at radius 3 is 2.19 bits per heavy atom. The molecule has 32 heavy (non-hydrogen) atoms. The number of nitrogens with zero attached hydrogens (tertiary/aromatic N) is 3. The van der Waals surface area contributed by atoms with Gasteiger partial charge in [-0.05, 0) is 17.2 Å². The Balaban J connectivity index is 2.03. The summed E-state index contributed by atoms with van der Waals surface area (Å²) in [6.07, 6.45) is 0. The number of fused-ring (bicyclic) bond motifs is 3. The minimum Gasteiger partial charge on any atom is -0.293 e. The third-order valence-corrected chi connectivity index (χ3v) is 5.75. The molecule has 2 heterocycles. The number of aromatic nitrogens is 2. The summed E-state index contributed by atoms with van der Waals surface area (Å²) in [5.41, 5.74) is 3.26. The zero-order chi connectivity index (χ0) is 22.2. The molecule has 0 spiro atoms. The van der Waals surface area contributed by atoms with Crippen LogP contribution >= 0.6 is 0 Å². The first-order valence-electron chi connectivity index (χ1n) is 10.3. The van der Waals surface area contributed by atoms with Crippen LogP contribution < -0.4 is 5.56 Å². The number of hydrogen-bond donors (Lipinski definition) is 0. The SMILES string of the molecule is CC(=O)n1c2ccccc2c2c(-c3ccccc3)c(C#N)n(Cc3ccccc3)c(=O)c21. The van der Waals surface area contributed by atoms with Crippen LogP contribution in [0.4, 0.5) is 0 Å². The molecule has 0 amide bonds. The van der Waals surface area contributed by atoms with Crippen molar-refractivity contribution in [1.29, 1.82) is 5.26 Å². The minimum absolute atomic E-state index is 0.234. The molecule has 0 aliphatic rings. The molecule has 0 aliphatic heterocycles. The summed E-state index contributed by atoms with van der Waals surface area (Å²) in [4.78, 5) is 26.5. The topological polar surface area (TPSA) is 67.8 Å². The standard InChI is InChI=1S/C27H19N3O2/c1-18(31)30-22-15-9-8-14-21(22)25-24(20-12-6-3-7-13-20)23(16-28)29(27(32)26(25)30)17-19-10-4-2-5-11-19/h2-15H,17H2,1H3. The number of rotatable bonds is 3. The predicted octanol–water partition coefficient (Wildman–Crippen LogP) is 5.20. The summed E-state index contributed by atoms with van der Waals surface area (Å²) in [6, 6.07) is 28.8. The molecule has 3 aromatic carbocycles. The molecule has 0 unspecified atom stereocenters. The van der Waals surface area contributed by atoms with Crippen LogP contribution in [-0.4, -0.2) is 15.0 Å². The normalized spacial score (nSPS) is 11.0. The molecular weight excluding hydrogens is 398 g/mol. The molecule has 5 heteroatoms. The molecule has 0 saturated carbocycles. The van der Waals surface area contributed by atoms with Gasteiger partial charge in [0.05, 0.1) is 12.1 Å². The summed E-state index contributed by atoms with van der Waals surface area (Å²) in [5, 5.41) is 11.6. The lowest BCUT2D eigenvalue weighted by Crippen LogP contribution is -2.27. The molecule has 0 radical (unpaired) electrons. The van der Waals surface area contributed by atoms with Crippen molar-refractivity contribution in [2.75, 3.05) is 0 Å². The van der Waals surface area contributed by atoms with Crippen molar-refractivity contribution in [3.8, 4) is 17.2 Å². The lowest BCUT2D eigenvalue weighted by molar-refractivity contribution is 0.0946. The Bertz CT molecular complexity index is 1590. The van der Waals surface area contributed by atoms with Gasteiger partial charge in [-0.3, -0.25) is 18.7 Å². The lowest BCUT2D eigenvalue weighted by atomic mass is 9.97. The predicted molar refractivity (Wildman–Crippen MR) is 126 cm³/mol. The van der Waals surface area contributed by atoms with Crippen molar-refractivity contribution in [1.82, 2.24) is 9.13 Å². The van der Waals surface area contributed by atoms with E-state index in [0.29, 0.717) is 22.0 Å². The van der Waals surface area contributed by atoms with E-state index >= 15 is 0 Å². The maximum atomic E-state index is 13.8. The molecule has 154 valence electrons. The largest absolute Gasteiger partial charge is 0.293 e. The Morgan fingerprint density at radius 1 is 0.906 bits per heavy atom. The van der Waals surface area contributed by atoms with Gasteiger partial charge in [-0.2, -0.15) is 5.26 Å². The van der Waals surface area contributed by atoms with E-state index in [2.05, 4.69) is 6.07 Å². The molecule has 0 fully saturated rings. The second-order valence-corrected chi connectivity index (χ2v) is 7.67. The Hall–Kier alpha value is -4.43. The summed E-state index contributed by atoms with van der Waals surface area (Å²) >= 11 is 0. The van der Waals surface area contributed by atoms with Gasteiger partial charge in [-0.15, -0.1) is 0 Å². The van der Waals surface area contributed by atoms with E-state index in [0.717, 1.165) is 16.5 Å². The van der Waals surface area contributed by atoms with E-state index in [4.69, 9.17) is 0 Å². The van der Waals surface area contributed by atoms with Gasteiger partial charge in [0.1, 0.15) is 17.3 Å². The summed E-state index contributed by atoms with van der Waals surface area (Å²) in [7, 11) is 0. The Morgan fingerprint density at radius 2 is 1.53 bits per heavy atom. The van der Waals surface area contributed by atoms with Crippen molar-refractivity contribution in [3.05, 3.63) is 107 Å². The molecular formula is C27H19N3O2. The average Bonchev–Trinajstić information content (AvgIpc) is 3.17. The summed E-state index contributed by atoms with van der Waals surface area (Å²) in [5.74, 6) is -0.247. The van der Waals surface area contributed by atoms with E-state index in [1.165, 1.54) is 16.1 Å². The third kappa shape index (κ3) is 2.93. The molecule has 0 aliphatic carbocycles. The third-order valence-electron chi connectivity index (χ3n) is 5.75. The lowest BCUT2D eigenvalue weighted by Gasteiger charge is -2.15. The van der Waals surface area contributed by atoms with Crippen LogP contribution in [0.5, 0.6) is 0 Å². The van der Waals surface area contributed by atoms with E-state index < -0.39 is 0 Å². The molecule has 5 aromatic rings. The number of hydrogen-bond acceptors (Lipinski definition) is 3. The quantitative estimate of drug-likeness (QED) is 0.405. The van der Waals surface area contributed by atoms with E-state index in [1.54, 1.807) is 0 Å². The highest BCUT2D eigenvalue weighted by Gasteiger charge is 2.25. The molecule has 0 saturated heterocycles. The monoisotopic (exact) mass is 417 g/mol. The van der Waals surface area contributed by atoms with Crippen molar-refractivity contribution in [2.45, 2.75) is 13.5 Å². The van der Waals surface area contributed by atoms with Crippen molar-refractivity contribution in [3.63, 3.8) is 0 Å². The van der Waals surface area contributed by atoms with Crippen LogP contribution in [-0.2, 0) is 6.54 Å². The van der Waals surface area contributed by atoms with Gasteiger partial charge < -0.3 is 0 Å². The van der Waals surface area contributed by atoms with Gasteiger partial charge in [0.25, 0.3) is 5.56 Å². The first-order chi connectivity index (χ1) is 15.6. The van der Waals surface area contributed by atoms with Crippen LogP contribution in [0.1, 0.15) is 23.0 Å². The van der Waals surface area contributed by atoms with Crippen LogP contribution in [0.2, 0.25) is 0 Å². The first-order valence-corrected chi connectivity index (χ1v) is 10.3. The number of para-hydroxylation sites is 1. The molecule has 5 nitrogen and oxygen atoms in total. The highest BCUT2D eigenvalue weighted by molar-refractivity contribution is 6.18. The van der Waals surface area contributed by atoms with Crippen LogP contribution in [0.25, 0.3) is 32.9 Å². The van der Waals surface area contributed by atoms with Crippen molar-refractivity contribution in [2.24, 2.45) is 0 Å². The molecule has 5 rings (SSSR count). The number of nitriles is 1. The number of carbonyl (C=O) groups is 1.